The number of nitrogens with zero attached hydrogens (tertiary/aromatic N) is 1. The Hall–Kier alpha value is -2.01. The van der Waals surface area contributed by atoms with Crippen LogP contribution in [0.5, 0.6) is 0 Å². The molecule has 0 fully saturated rings. The number of rotatable bonds is 6. The van der Waals surface area contributed by atoms with Gasteiger partial charge in [-0.15, -0.1) is 0 Å². The molecule has 0 spiro atoms. The molecule has 0 aliphatic heterocycles. The smallest absolute Gasteiger partial charge is 0.341 e. The molecular formula is C17H22N2O2S. The molecule has 5 heteroatoms. The van der Waals surface area contributed by atoms with Crippen molar-refractivity contribution in [1.82, 2.24) is 0 Å². The summed E-state index contributed by atoms with van der Waals surface area (Å²) < 4.78 is 5.20. The summed E-state index contributed by atoms with van der Waals surface area (Å²) in [5.74, 6) is -0.353. The van der Waals surface area contributed by atoms with Gasteiger partial charge in [-0.05, 0) is 26.3 Å². The molecule has 2 aromatic rings. The van der Waals surface area contributed by atoms with Crippen LogP contribution in [0.1, 0.15) is 31.1 Å². The molecule has 1 aromatic heterocycles. The maximum atomic E-state index is 12.4. The lowest BCUT2D eigenvalue weighted by Crippen LogP contribution is -2.21. The van der Waals surface area contributed by atoms with Crippen LogP contribution in [0.25, 0.3) is 11.1 Å². The summed E-state index contributed by atoms with van der Waals surface area (Å²) in [5.41, 5.74) is 8.50. The van der Waals surface area contributed by atoms with Gasteiger partial charge < -0.3 is 15.4 Å². The second kappa shape index (κ2) is 7.31. The van der Waals surface area contributed by atoms with Crippen molar-refractivity contribution in [3.05, 3.63) is 35.9 Å². The van der Waals surface area contributed by atoms with Crippen molar-refractivity contribution in [3.63, 3.8) is 0 Å². The standard InChI is InChI=1S/C17H22N2O2S/c1-4-19(5-2)16-13(12-10-8-7-9-11-12)14(15(18)22-16)17(20)21-6-3/h7-11H,4-6,18H2,1-3H3. The molecule has 0 radical (unpaired) electrons. The SMILES string of the molecule is CCOC(=O)c1c(N)sc(N(CC)CC)c1-c1ccccc1. The predicted molar refractivity (Wildman–Crippen MR) is 93.7 cm³/mol. The van der Waals surface area contributed by atoms with Crippen molar-refractivity contribution in [2.45, 2.75) is 20.8 Å². The topological polar surface area (TPSA) is 55.6 Å². The molecule has 118 valence electrons. The highest BCUT2D eigenvalue weighted by Gasteiger charge is 2.26. The average molecular weight is 318 g/mol. The molecule has 2 rings (SSSR count). The van der Waals surface area contributed by atoms with Crippen LogP contribution < -0.4 is 10.6 Å². The van der Waals surface area contributed by atoms with Crippen LogP contribution in [0.15, 0.2) is 30.3 Å². The summed E-state index contributed by atoms with van der Waals surface area (Å²) in [6, 6.07) is 9.88. The Morgan fingerprint density at radius 1 is 1.18 bits per heavy atom. The zero-order valence-corrected chi connectivity index (χ0v) is 14.1. The van der Waals surface area contributed by atoms with E-state index in [1.165, 1.54) is 11.3 Å². The predicted octanol–water partition coefficient (Wildman–Crippen LogP) is 4.02. The fourth-order valence-corrected chi connectivity index (χ4v) is 3.65. The Kier molecular flexibility index (Phi) is 5.44. The fourth-order valence-electron chi connectivity index (χ4n) is 2.45. The summed E-state index contributed by atoms with van der Waals surface area (Å²) >= 11 is 1.45. The minimum absolute atomic E-state index is 0.336. The summed E-state index contributed by atoms with van der Waals surface area (Å²) in [6.45, 7) is 8.05. The highest BCUT2D eigenvalue weighted by atomic mass is 32.1. The van der Waals surface area contributed by atoms with Gasteiger partial charge in [0.2, 0.25) is 0 Å². The van der Waals surface area contributed by atoms with Gasteiger partial charge in [0.15, 0.2) is 0 Å². The Labute approximate surface area is 135 Å². The lowest BCUT2D eigenvalue weighted by Gasteiger charge is -2.21. The highest BCUT2D eigenvalue weighted by molar-refractivity contribution is 7.21. The van der Waals surface area contributed by atoms with Gasteiger partial charge in [-0.3, -0.25) is 0 Å². The minimum atomic E-state index is -0.353. The van der Waals surface area contributed by atoms with Crippen LogP contribution >= 0.6 is 11.3 Å². The number of hydrogen-bond donors (Lipinski definition) is 1. The van der Waals surface area contributed by atoms with Gasteiger partial charge in [0.05, 0.1) is 6.61 Å². The third-order valence-electron chi connectivity index (χ3n) is 3.51. The van der Waals surface area contributed by atoms with E-state index in [2.05, 4.69) is 18.7 Å². The largest absolute Gasteiger partial charge is 0.462 e. The number of hydrogen-bond acceptors (Lipinski definition) is 5. The van der Waals surface area contributed by atoms with E-state index < -0.39 is 0 Å². The van der Waals surface area contributed by atoms with Gasteiger partial charge in [0.1, 0.15) is 15.6 Å². The van der Waals surface area contributed by atoms with Gasteiger partial charge in [0, 0.05) is 18.7 Å². The zero-order valence-electron chi connectivity index (χ0n) is 13.3. The number of benzene rings is 1. The monoisotopic (exact) mass is 318 g/mol. The Morgan fingerprint density at radius 3 is 2.36 bits per heavy atom. The third kappa shape index (κ3) is 3.09. The molecule has 2 N–H and O–H groups in total. The van der Waals surface area contributed by atoms with E-state index in [-0.39, 0.29) is 5.97 Å². The maximum absolute atomic E-state index is 12.4. The van der Waals surface area contributed by atoms with Crippen molar-refractivity contribution in [2.75, 3.05) is 30.3 Å². The second-order valence-corrected chi connectivity index (χ2v) is 5.81. The first-order chi connectivity index (χ1) is 10.6. The van der Waals surface area contributed by atoms with E-state index in [9.17, 15) is 4.79 Å². The van der Waals surface area contributed by atoms with E-state index in [1.807, 2.05) is 30.3 Å². The van der Waals surface area contributed by atoms with Crippen LogP contribution in [-0.2, 0) is 4.74 Å². The van der Waals surface area contributed by atoms with Crippen LogP contribution in [0.3, 0.4) is 0 Å². The summed E-state index contributed by atoms with van der Waals surface area (Å²) in [7, 11) is 0. The molecule has 4 nitrogen and oxygen atoms in total. The first-order valence-electron chi connectivity index (χ1n) is 7.53. The van der Waals surface area contributed by atoms with Crippen molar-refractivity contribution < 1.29 is 9.53 Å². The Morgan fingerprint density at radius 2 is 1.82 bits per heavy atom. The number of ether oxygens (including phenoxy) is 1. The highest BCUT2D eigenvalue weighted by Crippen LogP contribution is 2.45. The van der Waals surface area contributed by atoms with Crippen LogP contribution in [0.4, 0.5) is 10.0 Å². The summed E-state index contributed by atoms with van der Waals surface area (Å²) in [4.78, 5) is 14.6. The molecular weight excluding hydrogens is 296 g/mol. The average Bonchev–Trinajstić information content (AvgIpc) is 2.87. The number of esters is 1. The van der Waals surface area contributed by atoms with Crippen LogP contribution in [-0.4, -0.2) is 25.7 Å². The van der Waals surface area contributed by atoms with E-state index in [4.69, 9.17) is 10.5 Å². The van der Waals surface area contributed by atoms with Gasteiger partial charge in [-0.25, -0.2) is 4.79 Å². The third-order valence-corrected chi connectivity index (χ3v) is 4.59. The molecule has 0 aliphatic rings. The van der Waals surface area contributed by atoms with E-state index >= 15 is 0 Å². The summed E-state index contributed by atoms with van der Waals surface area (Å²) in [5, 5.41) is 1.54. The number of carbonyl (C=O) groups is 1. The number of thiophene rings is 1. The molecule has 0 aliphatic carbocycles. The lowest BCUT2D eigenvalue weighted by molar-refractivity contribution is 0.0529. The fraction of sp³-hybridized carbons (Fsp3) is 0.353. The van der Waals surface area contributed by atoms with Gasteiger partial charge >= 0.3 is 5.97 Å². The molecule has 0 atom stereocenters. The first-order valence-corrected chi connectivity index (χ1v) is 8.35. The molecule has 0 bridgehead atoms. The molecule has 22 heavy (non-hydrogen) atoms. The summed E-state index contributed by atoms with van der Waals surface area (Å²) in [6.07, 6.45) is 0. The second-order valence-electron chi connectivity index (χ2n) is 4.78. The van der Waals surface area contributed by atoms with Crippen LogP contribution in [0.2, 0.25) is 0 Å². The number of nitrogens with two attached hydrogens (primary N) is 1. The van der Waals surface area contributed by atoms with Crippen molar-refractivity contribution in [1.29, 1.82) is 0 Å². The van der Waals surface area contributed by atoms with Gasteiger partial charge in [-0.2, -0.15) is 0 Å². The lowest BCUT2D eigenvalue weighted by atomic mass is 10.0. The quantitative estimate of drug-likeness (QED) is 0.817. The van der Waals surface area contributed by atoms with Gasteiger partial charge in [-0.1, -0.05) is 41.7 Å². The van der Waals surface area contributed by atoms with Crippen LogP contribution in [0, 0.1) is 0 Å². The molecule has 0 saturated heterocycles. The van der Waals surface area contributed by atoms with Crippen molar-refractivity contribution in [3.8, 4) is 11.1 Å². The molecule has 0 amide bonds. The zero-order chi connectivity index (χ0) is 16.1. The molecule has 0 saturated carbocycles. The Bertz CT molecular complexity index is 634. The molecule has 0 unspecified atom stereocenters. The Balaban J connectivity index is 2.66. The van der Waals surface area contributed by atoms with E-state index in [0.29, 0.717) is 17.2 Å². The van der Waals surface area contributed by atoms with E-state index in [1.54, 1.807) is 6.92 Å². The minimum Gasteiger partial charge on any atom is -0.462 e. The van der Waals surface area contributed by atoms with Gasteiger partial charge in [0.25, 0.3) is 0 Å². The molecule has 1 aromatic carbocycles. The van der Waals surface area contributed by atoms with E-state index in [0.717, 1.165) is 29.2 Å². The molecule has 1 heterocycles. The maximum Gasteiger partial charge on any atom is 0.341 e. The number of anilines is 2. The van der Waals surface area contributed by atoms with Crippen molar-refractivity contribution in [2.24, 2.45) is 0 Å². The normalized spacial score (nSPS) is 10.5. The first kappa shape index (κ1) is 16.4. The van der Waals surface area contributed by atoms with Crippen molar-refractivity contribution >= 4 is 27.3 Å². The number of carbonyl (C=O) groups excluding carboxylic acids is 1. The number of nitrogen functional groups attached to an aromatic ring is 1.